The van der Waals surface area contributed by atoms with Gasteiger partial charge in [-0.05, 0) is 55.5 Å². The fraction of sp³-hybridized carbons (Fsp3) is 0.350. The van der Waals surface area contributed by atoms with Gasteiger partial charge in [0.25, 0.3) is 5.91 Å². The van der Waals surface area contributed by atoms with Crippen molar-refractivity contribution in [2.45, 2.75) is 38.3 Å². The maximum absolute atomic E-state index is 12.3. The number of carbonyl (C=O) groups is 2. The van der Waals surface area contributed by atoms with E-state index >= 15 is 0 Å². The van der Waals surface area contributed by atoms with Gasteiger partial charge in [-0.15, -0.1) is 0 Å². The average Bonchev–Trinajstić information content (AvgIpc) is 3.19. The Bertz CT molecular complexity index is 831. The Kier molecular flexibility index (Phi) is 5.90. The lowest BCUT2D eigenvalue weighted by molar-refractivity contribution is 0.0690. The first kappa shape index (κ1) is 18.7. The molecule has 0 spiro atoms. The zero-order valence-corrected chi connectivity index (χ0v) is 15.1. The number of carboxylic acid groups (broad SMARTS) is 1. The molecule has 0 radical (unpaired) electrons. The maximum atomic E-state index is 12.3. The fourth-order valence-electron chi connectivity index (χ4n) is 3.06. The van der Waals surface area contributed by atoms with Crippen LogP contribution in [0.25, 0.3) is 0 Å². The summed E-state index contributed by atoms with van der Waals surface area (Å²) < 4.78 is 11.4. The minimum atomic E-state index is -1.17. The van der Waals surface area contributed by atoms with Gasteiger partial charge in [0, 0.05) is 6.54 Å². The third-order valence-corrected chi connectivity index (χ3v) is 4.48. The van der Waals surface area contributed by atoms with Crippen molar-refractivity contribution in [3.8, 4) is 11.5 Å². The number of carboxylic acids is 1. The number of nitrogens with one attached hydrogen (secondary N) is 1. The number of pyridine rings is 1. The number of nitrogens with zero attached hydrogens (tertiary/aromatic N) is 1. The molecule has 0 saturated heterocycles. The van der Waals surface area contributed by atoms with Gasteiger partial charge in [0.1, 0.15) is 11.4 Å². The summed E-state index contributed by atoms with van der Waals surface area (Å²) in [5, 5.41) is 11.7. The number of rotatable bonds is 7. The normalized spacial score (nSPS) is 14.0. The predicted molar refractivity (Wildman–Crippen MR) is 98.2 cm³/mol. The maximum Gasteiger partial charge on any atom is 0.354 e. The van der Waals surface area contributed by atoms with Crippen molar-refractivity contribution in [3.05, 3.63) is 53.3 Å². The molecule has 0 bridgehead atoms. The molecule has 2 N–H and O–H groups in total. The molecule has 0 atom stereocenters. The van der Waals surface area contributed by atoms with Crippen molar-refractivity contribution in [1.29, 1.82) is 0 Å². The summed E-state index contributed by atoms with van der Waals surface area (Å²) in [6, 6.07) is 9.83. The van der Waals surface area contributed by atoms with E-state index in [2.05, 4.69) is 10.3 Å². The van der Waals surface area contributed by atoms with Gasteiger partial charge in [-0.3, -0.25) is 4.79 Å². The average molecular weight is 370 g/mol. The lowest BCUT2D eigenvalue weighted by Crippen LogP contribution is -2.24. The Balaban J connectivity index is 1.67. The standard InChI is InChI=1S/C20H22N2O5/c1-26-17-10-9-13(11-18(17)27-14-5-2-3-6-14)12-21-19(23)15-7-4-8-16(22-15)20(24)25/h4,7-11,14H,2-3,5-6,12H2,1H3,(H,21,23)(H,24,25). The molecule has 0 aliphatic heterocycles. The van der Waals surface area contributed by atoms with E-state index in [1.165, 1.54) is 31.0 Å². The smallest absolute Gasteiger partial charge is 0.354 e. The van der Waals surface area contributed by atoms with Crippen molar-refractivity contribution in [1.82, 2.24) is 10.3 Å². The molecule has 142 valence electrons. The molecule has 1 aliphatic carbocycles. The van der Waals surface area contributed by atoms with Crippen LogP contribution in [0.1, 0.15) is 52.2 Å². The number of methoxy groups -OCH3 is 1. The lowest BCUT2D eigenvalue weighted by atomic mass is 10.2. The predicted octanol–water partition coefficient (Wildman–Crippen LogP) is 3.04. The first-order valence-electron chi connectivity index (χ1n) is 8.89. The summed E-state index contributed by atoms with van der Waals surface area (Å²) in [5.74, 6) is -0.282. The van der Waals surface area contributed by atoms with Crippen LogP contribution in [0.2, 0.25) is 0 Å². The highest BCUT2D eigenvalue weighted by Crippen LogP contribution is 2.32. The van der Waals surface area contributed by atoms with E-state index in [9.17, 15) is 9.59 Å². The number of aromatic carboxylic acids is 1. The second-order valence-electron chi connectivity index (χ2n) is 6.41. The van der Waals surface area contributed by atoms with Crippen LogP contribution in [0.5, 0.6) is 11.5 Å². The van der Waals surface area contributed by atoms with Crippen molar-refractivity contribution in [2.75, 3.05) is 7.11 Å². The number of hydrogen-bond acceptors (Lipinski definition) is 5. The van der Waals surface area contributed by atoms with Crippen LogP contribution in [0, 0.1) is 0 Å². The van der Waals surface area contributed by atoms with Crippen LogP contribution in [0.15, 0.2) is 36.4 Å². The largest absolute Gasteiger partial charge is 0.493 e. The molecule has 1 amide bonds. The second-order valence-corrected chi connectivity index (χ2v) is 6.41. The fourth-order valence-corrected chi connectivity index (χ4v) is 3.06. The van der Waals surface area contributed by atoms with Crippen molar-refractivity contribution in [3.63, 3.8) is 0 Å². The van der Waals surface area contributed by atoms with E-state index in [4.69, 9.17) is 14.6 Å². The molecule has 0 unspecified atom stereocenters. The molecule has 1 saturated carbocycles. The minimum Gasteiger partial charge on any atom is -0.493 e. The highest BCUT2D eigenvalue weighted by Gasteiger charge is 2.19. The molecule has 1 aliphatic rings. The van der Waals surface area contributed by atoms with Gasteiger partial charge in [-0.1, -0.05) is 12.1 Å². The molecule has 1 aromatic carbocycles. The SMILES string of the molecule is COc1ccc(CNC(=O)c2cccc(C(=O)O)n2)cc1OC1CCCC1. The van der Waals surface area contributed by atoms with E-state index in [0.29, 0.717) is 11.5 Å². The van der Waals surface area contributed by atoms with Gasteiger partial charge in [-0.2, -0.15) is 0 Å². The second kappa shape index (κ2) is 8.53. The summed E-state index contributed by atoms with van der Waals surface area (Å²) in [6.45, 7) is 0.267. The van der Waals surface area contributed by atoms with Crippen LogP contribution in [-0.4, -0.2) is 35.2 Å². The van der Waals surface area contributed by atoms with E-state index in [1.807, 2.05) is 18.2 Å². The highest BCUT2D eigenvalue weighted by molar-refractivity contribution is 5.94. The summed E-state index contributed by atoms with van der Waals surface area (Å²) in [6.07, 6.45) is 4.62. The Labute approximate surface area is 157 Å². The number of hydrogen-bond donors (Lipinski definition) is 2. The highest BCUT2D eigenvalue weighted by atomic mass is 16.5. The number of carbonyl (C=O) groups excluding carboxylic acids is 1. The van der Waals surface area contributed by atoms with Gasteiger partial charge < -0.3 is 19.9 Å². The first-order valence-corrected chi connectivity index (χ1v) is 8.89. The molecule has 27 heavy (non-hydrogen) atoms. The lowest BCUT2D eigenvalue weighted by Gasteiger charge is -2.17. The third-order valence-electron chi connectivity index (χ3n) is 4.48. The number of ether oxygens (including phenoxy) is 2. The third kappa shape index (κ3) is 4.75. The summed E-state index contributed by atoms with van der Waals surface area (Å²) >= 11 is 0. The Morgan fingerprint density at radius 1 is 1.15 bits per heavy atom. The van der Waals surface area contributed by atoms with E-state index in [-0.39, 0.29) is 24.0 Å². The van der Waals surface area contributed by atoms with Crippen molar-refractivity contribution >= 4 is 11.9 Å². The van der Waals surface area contributed by atoms with Gasteiger partial charge >= 0.3 is 5.97 Å². The van der Waals surface area contributed by atoms with E-state index < -0.39 is 11.9 Å². The van der Waals surface area contributed by atoms with E-state index in [0.717, 1.165) is 18.4 Å². The van der Waals surface area contributed by atoms with Crippen LogP contribution >= 0.6 is 0 Å². The number of amides is 1. The first-order chi connectivity index (χ1) is 13.1. The molecule has 2 aromatic rings. The Morgan fingerprint density at radius 3 is 2.59 bits per heavy atom. The molecule has 1 heterocycles. The van der Waals surface area contributed by atoms with Crippen LogP contribution in [-0.2, 0) is 6.54 Å². The summed E-state index contributed by atoms with van der Waals surface area (Å²) in [7, 11) is 1.60. The van der Waals surface area contributed by atoms with E-state index in [1.54, 1.807) is 7.11 Å². The zero-order chi connectivity index (χ0) is 19.2. The zero-order valence-electron chi connectivity index (χ0n) is 15.1. The van der Waals surface area contributed by atoms with Crippen LogP contribution < -0.4 is 14.8 Å². The van der Waals surface area contributed by atoms with Gasteiger partial charge in [0.15, 0.2) is 11.5 Å². The van der Waals surface area contributed by atoms with Crippen molar-refractivity contribution < 1.29 is 24.2 Å². The van der Waals surface area contributed by atoms with Gasteiger partial charge in [-0.25, -0.2) is 9.78 Å². The van der Waals surface area contributed by atoms with Crippen LogP contribution in [0.3, 0.4) is 0 Å². The quantitative estimate of drug-likeness (QED) is 0.777. The molecule has 1 aromatic heterocycles. The van der Waals surface area contributed by atoms with Gasteiger partial charge in [0.05, 0.1) is 13.2 Å². The molecular formula is C20H22N2O5. The summed E-state index contributed by atoms with van der Waals surface area (Å²) in [4.78, 5) is 27.1. The van der Waals surface area contributed by atoms with Crippen LogP contribution in [0.4, 0.5) is 0 Å². The Hall–Kier alpha value is -3.09. The topological polar surface area (TPSA) is 97.8 Å². The summed E-state index contributed by atoms with van der Waals surface area (Å²) in [5.41, 5.74) is 0.747. The molecule has 1 fully saturated rings. The number of benzene rings is 1. The monoisotopic (exact) mass is 370 g/mol. The molecule has 7 heteroatoms. The van der Waals surface area contributed by atoms with Gasteiger partial charge in [0.2, 0.25) is 0 Å². The minimum absolute atomic E-state index is 0.0610. The molecule has 3 rings (SSSR count). The molecule has 7 nitrogen and oxygen atoms in total. The number of aromatic nitrogens is 1. The molecular weight excluding hydrogens is 348 g/mol. The van der Waals surface area contributed by atoms with Crippen molar-refractivity contribution in [2.24, 2.45) is 0 Å². The Morgan fingerprint density at radius 2 is 1.89 bits per heavy atom.